The maximum atomic E-state index is 14.6. The Kier molecular flexibility index (Phi) is 20.0. The quantitative estimate of drug-likeness (QED) is 0.0845. The maximum Gasteiger partial charge on any atom is 0.326 e. The Bertz CT molecular complexity index is 2060. The van der Waals surface area contributed by atoms with E-state index < -0.39 is 77.8 Å². The van der Waals surface area contributed by atoms with Crippen molar-refractivity contribution in [3.05, 3.63) is 59.6 Å². The highest BCUT2D eigenvalue weighted by Crippen LogP contribution is 2.48. The average Bonchev–Trinajstić information content (AvgIpc) is 3.84. The predicted molar refractivity (Wildman–Crippen MR) is 250 cm³/mol. The number of carboxylic acids is 1. The van der Waals surface area contributed by atoms with Gasteiger partial charge in [0.15, 0.2) is 0 Å². The number of carbonyl (C=O) groups is 8. The van der Waals surface area contributed by atoms with Gasteiger partial charge in [-0.3, -0.25) is 38.5 Å². The van der Waals surface area contributed by atoms with Gasteiger partial charge < -0.3 is 39.9 Å². The van der Waals surface area contributed by atoms with Gasteiger partial charge >= 0.3 is 5.97 Å². The number of halogens is 1. The molecule has 1 aliphatic carbocycles. The molecular formula is C50H73FN6O11. The van der Waals surface area contributed by atoms with Gasteiger partial charge in [-0.15, -0.1) is 0 Å². The van der Waals surface area contributed by atoms with Crippen LogP contribution in [0.25, 0.3) is 0 Å². The van der Waals surface area contributed by atoms with Crippen LogP contribution in [0.3, 0.4) is 0 Å². The summed E-state index contributed by atoms with van der Waals surface area (Å²) in [5, 5.41) is 15.4. The number of methoxy groups -OCH3 is 2. The van der Waals surface area contributed by atoms with E-state index in [1.807, 2.05) is 47.6 Å². The van der Waals surface area contributed by atoms with Crippen molar-refractivity contribution in [2.24, 2.45) is 29.6 Å². The van der Waals surface area contributed by atoms with E-state index in [-0.39, 0.29) is 78.7 Å². The summed E-state index contributed by atoms with van der Waals surface area (Å²) in [5.41, 5.74) is 0.925. The first-order chi connectivity index (χ1) is 32.1. The molecule has 1 saturated heterocycles. The number of likely N-dealkylation sites (tertiary alicyclic amines) is 1. The number of allylic oxidation sites excluding steroid dienone is 2. The third-order valence-electron chi connectivity index (χ3n) is 13.8. The van der Waals surface area contributed by atoms with Crippen LogP contribution in [0.2, 0.25) is 0 Å². The van der Waals surface area contributed by atoms with E-state index in [4.69, 9.17) is 9.47 Å². The second-order valence-electron chi connectivity index (χ2n) is 19.1. The Hall–Kier alpha value is -5.49. The van der Waals surface area contributed by atoms with Crippen molar-refractivity contribution in [2.45, 2.75) is 142 Å². The number of carboxylic acid groups (broad SMARTS) is 1. The third-order valence-corrected chi connectivity index (χ3v) is 13.8. The number of carbonyl (C=O) groups excluding carboxylic acids is 7. The lowest BCUT2D eigenvalue weighted by atomic mass is 9.89. The van der Waals surface area contributed by atoms with Gasteiger partial charge in [0, 0.05) is 71.5 Å². The summed E-state index contributed by atoms with van der Waals surface area (Å²) in [7, 11) is 6.11. The molecule has 376 valence electrons. The van der Waals surface area contributed by atoms with Crippen LogP contribution in [-0.2, 0) is 54.3 Å². The zero-order valence-corrected chi connectivity index (χ0v) is 41.5. The summed E-state index contributed by atoms with van der Waals surface area (Å²) in [4.78, 5) is 112. The number of benzene rings is 1. The lowest BCUT2D eigenvalue weighted by Gasteiger charge is -2.41. The molecule has 2 aliphatic heterocycles. The molecule has 0 radical (unpaired) electrons. The molecule has 10 atom stereocenters. The lowest BCUT2D eigenvalue weighted by Crippen LogP contribution is -2.60. The SMILES string of the molecule is CC[C@H](C)[C@@H]([C@@H](CC(=O)N1C2=C[C@H]2C[C@H]1[C@H](OC)[C@@H](C)C(=O)N[C@@H](Cc1ccccc1F)C(=O)O)OC)N(C)C(=O)[C@@H](NC(=O)[C@H](C(C)C)N(C)C(=O)CCCCCN1C(=O)C=CC1=O)C(C)C. The molecule has 18 heteroatoms. The monoisotopic (exact) mass is 953 g/mol. The highest BCUT2D eigenvalue weighted by Gasteiger charge is 2.52. The fourth-order valence-corrected chi connectivity index (χ4v) is 9.61. The zero-order valence-electron chi connectivity index (χ0n) is 41.5. The highest BCUT2D eigenvalue weighted by atomic mass is 19.1. The second-order valence-corrected chi connectivity index (χ2v) is 19.1. The number of fused-ring (bicyclic) bond motifs is 1. The molecule has 7 amide bonds. The number of unbranched alkanes of at least 4 members (excludes halogenated alkanes) is 2. The van der Waals surface area contributed by atoms with Gasteiger partial charge in [-0.25, -0.2) is 9.18 Å². The number of rotatable bonds is 27. The fourth-order valence-electron chi connectivity index (χ4n) is 9.61. The first-order valence-corrected chi connectivity index (χ1v) is 23.8. The molecule has 3 N–H and O–H groups in total. The van der Waals surface area contributed by atoms with Gasteiger partial charge in [0.05, 0.1) is 36.6 Å². The van der Waals surface area contributed by atoms with E-state index in [0.29, 0.717) is 32.1 Å². The lowest BCUT2D eigenvalue weighted by molar-refractivity contribution is -0.148. The Morgan fingerprint density at radius 2 is 1.51 bits per heavy atom. The third kappa shape index (κ3) is 13.4. The minimum Gasteiger partial charge on any atom is -0.480 e. The number of hydrogen-bond donors (Lipinski definition) is 3. The van der Waals surface area contributed by atoms with Crippen molar-refractivity contribution in [1.82, 2.24) is 30.2 Å². The number of hydrogen-bond acceptors (Lipinski definition) is 10. The van der Waals surface area contributed by atoms with Crippen molar-refractivity contribution in [1.29, 1.82) is 0 Å². The fraction of sp³-hybridized carbons (Fsp3) is 0.640. The molecule has 1 aromatic rings. The summed E-state index contributed by atoms with van der Waals surface area (Å²) in [5.74, 6) is -6.46. The van der Waals surface area contributed by atoms with Crippen LogP contribution in [0.4, 0.5) is 4.39 Å². The second kappa shape index (κ2) is 24.7. The molecule has 0 aromatic heterocycles. The normalized spacial score (nSPS) is 19.9. The van der Waals surface area contributed by atoms with Crippen LogP contribution >= 0.6 is 0 Å². The molecule has 2 heterocycles. The highest BCUT2D eigenvalue weighted by molar-refractivity contribution is 6.12. The van der Waals surface area contributed by atoms with Gasteiger partial charge in [-0.1, -0.05) is 85.6 Å². The Morgan fingerprint density at radius 3 is 2.07 bits per heavy atom. The average molecular weight is 953 g/mol. The molecule has 17 nitrogen and oxygen atoms in total. The molecule has 0 saturated carbocycles. The van der Waals surface area contributed by atoms with Crippen molar-refractivity contribution in [3.63, 3.8) is 0 Å². The van der Waals surface area contributed by atoms with Crippen molar-refractivity contribution in [3.8, 4) is 0 Å². The standard InChI is InChI=1S/C50H73FN6O11/c1-12-30(6)45(55(9)49(64)43(28(2)3)53-48(63)44(29(4)5)54(8)39(58)20-14-13-17-23-56-40(59)21-22-41(56)60)38(67-10)27-42(61)57-36-25-33(36)26-37(57)46(68-11)31(7)47(62)52-35(50(65)66)24-32-18-15-16-19-34(32)51/h15-16,18-19,21-22,25,28-31,33,35,37-38,43-46H,12-14,17,20,23-24,26-27H2,1-11H3,(H,52,62)(H,53,63)(H,65,66)/t30-,31+,33-,35-,37-,38+,43-,44-,45-,46+/m0/s1. The smallest absolute Gasteiger partial charge is 0.326 e. The summed E-state index contributed by atoms with van der Waals surface area (Å²) >= 11 is 0. The number of aliphatic carboxylic acids is 1. The largest absolute Gasteiger partial charge is 0.480 e. The molecule has 68 heavy (non-hydrogen) atoms. The Morgan fingerprint density at radius 1 is 0.868 bits per heavy atom. The number of likely N-dealkylation sites (N-methyl/N-ethyl adjacent to an activating group) is 2. The minimum atomic E-state index is -1.41. The van der Waals surface area contributed by atoms with Crippen LogP contribution in [0.15, 0.2) is 48.2 Å². The molecular weight excluding hydrogens is 880 g/mol. The van der Waals surface area contributed by atoms with Crippen LogP contribution in [0, 0.1) is 35.4 Å². The molecule has 0 unspecified atom stereocenters. The molecule has 1 fully saturated rings. The first-order valence-electron chi connectivity index (χ1n) is 23.8. The number of imide groups is 1. The van der Waals surface area contributed by atoms with E-state index in [0.717, 1.165) is 10.6 Å². The predicted octanol–water partition coefficient (Wildman–Crippen LogP) is 4.09. The van der Waals surface area contributed by atoms with Crippen molar-refractivity contribution < 1.29 is 57.3 Å². The summed E-state index contributed by atoms with van der Waals surface area (Å²) < 4.78 is 26.4. The Balaban J connectivity index is 1.44. The first kappa shape index (κ1) is 55.1. The van der Waals surface area contributed by atoms with Crippen LogP contribution in [0.5, 0.6) is 0 Å². The topological polar surface area (TPSA) is 212 Å². The number of nitrogens with zero attached hydrogens (tertiary/aromatic N) is 4. The number of amides is 7. The van der Waals surface area contributed by atoms with E-state index >= 15 is 0 Å². The summed E-state index contributed by atoms with van der Waals surface area (Å²) in [6, 6.07) is 1.25. The van der Waals surface area contributed by atoms with E-state index in [1.54, 1.807) is 36.9 Å². The number of ether oxygens (including phenoxy) is 2. The molecule has 1 aromatic carbocycles. The van der Waals surface area contributed by atoms with Gasteiger partial charge in [0.25, 0.3) is 11.8 Å². The zero-order chi connectivity index (χ0) is 50.7. The van der Waals surface area contributed by atoms with Crippen LogP contribution in [0.1, 0.15) is 99.0 Å². The van der Waals surface area contributed by atoms with Crippen LogP contribution < -0.4 is 10.6 Å². The maximum absolute atomic E-state index is 14.6. The molecule has 0 spiro atoms. The van der Waals surface area contributed by atoms with Crippen molar-refractivity contribution in [2.75, 3.05) is 34.9 Å². The van der Waals surface area contributed by atoms with Crippen molar-refractivity contribution >= 4 is 47.3 Å². The van der Waals surface area contributed by atoms with Gasteiger partial charge in [-0.05, 0) is 48.6 Å². The molecule has 3 aliphatic rings. The Labute approximate surface area is 400 Å². The van der Waals surface area contributed by atoms with E-state index in [9.17, 15) is 47.9 Å². The van der Waals surface area contributed by atoms with Crippen LogP contribution in [-0.4, -0.2) is 149 Å². The van der Waals surface area contributed by atoms with E-state index in [1.165, 1.54) is 49.5 Å². The molecule has 4 rings (SSSR count). The summed E-state index contributed by atoms with van der Waals surface area (Å²) in [6.07, 6.45) is 5.25. The molecule has 0 bridgehead atoms. The summed E-state index contributed by atoms with van der Waals surface area (Å²) in [6.45, 7) is 13.1. The van der Waals surface area contributed by atoms with Gasteiger partial charge in [0.2, 0.25) is 29.5 Å². The van der Waals surface area contributed by atoms with Gasteiger partial charge in [0.1, 0.15) is 23.9 Å². The van der Waals surface area contributed by atoms with Gasteiger partial charge in [-0.2, -0.15) is 0 Å². The van der Waals surface area contributed by atoms with E-state index in [2.05, 4.69) is 10.6 Å². The number of nitrogens with one attached hydrogen (secondary N) is 2. The minimum absolute atomic E-state index is 0.0107.